The summed E-state index contributed by atoms with van der Waals surface area (Å²) >= 11 is 6.60. The number of nitrogens with zero attached hydrogens (tertiary/aromatic N) is 5. The second-order valence-electron chi connectivity index (χ2n) is 13.2. The van der Waals surface area contributed by atoms with Crippen molar-refractivity contribution in [1.82, 2.24) is 25.2 Å². The number of phenols is 1. The Balaban J connectivity index is 1.21. The molecule has 6 aliphatic rings. The number of piperazine rings is 1. The van der Waals surface area contributed by atoms with Crippen LogP contribution in [0.25, 0.3) is 22.2 Å². The molecule has 9 rings (SSSR count). The van der Waals surface area contributed by atoms with Gasteiger partial charge >= 0.3 is 6.01 Å². The molecule has 5 fully saturated rings. The molecule has 1 saturated carbocycles. The lowest BCUT2D eigenvalue weighted by atomic mass is 9.95. The summed E-state index contributed by atoms with van der Waals surface area (Å²) in [5, 5.41) is 15.0. The molecule has 9 nitrogen and oxygen atoms in total. The Labute approximate surface area is 252 Å². The number of pyridine rings is 1. The molecule has 3 aromatic rings. The van der Waals surface area contributed by atoms with Crippen LogP contribution in [-0.2, 0) is 0 Å². The minimum absolute atomic E-state index is 0.0197. The molecule has 226 valence electrons. The maximum Gasteiger partial charge on any atom is 0.319 e. The number of fused-ring (bicyclic) bond motifs is 6. The van der Waals surface area contributed by atoms with Gasteiger partial charge in [-0.3, -0.25) is 4.90 Å². The lowest BCUT2D eigenvalue weighted by molar-refractivity contribution is 0.107. The molecule has 2 N–H and O–H groups in total. The minimum Gasteiger partial charge on any atom is -0.508 e. The maximum atomic E-state index is 16.8. The lowest BCUT2D eigenvalue weighted by Gasteiger charge is -2.40. The first-order valence-corrected chi connectivity index (χ1v) is 15.9. The van der Waals surface area contributed by atoms with Crippen LogP contribution >= 0.6 is 11.6 Å². The van der Waals surface area contributed by atoms with E-state index in [1.807, 2.05) is 0 Å². The van der Waals surface area contributed by atoms with Crippen molar-refractivity contribution >= 4 is 28.3 Å². The van der Waals surface area contributed by atoms with Gasteiger partial charge in [0.2, 0.25) is 5.88 Å². The summed E-state index contributed by atoms with van der Waals surface area (Å²) in [4.78, 5) is 18.7. The third-order valence-electron chi connectivity index (χ3n) is 10.5. The molecule has 1 aromatic carbocycles. The first-order valence-electron chi connectivity index (χ1n) is 15.5. The Kier molecular flexibility index (Phi) is 5.82. The highest BCUT2D eigenvalue weighted by Gasteiger charge is 2.50. The SMILES string of the molecule is Oc1cc(Cl)c(C2CC2)c(-c2nc3c4c(nc(OC[C@@]56CCCN5C[C@@H](F)C6)nc4c2F)N2C[C@@H]4CC[C@@H](N4)[C@H]2CO3)c1. The summed E-state index contributed by atoms with van der Waals surface area (Å²) in [7, 11) is 0. The van der Waals surface area contributed by atoms with Crippen molar-refractivity contribution < 1.29 is 23.4 Å². The van der Waals surface area contributed by atoms with Gasteiger partial charge in [0.15, 0.2) is 5.82 Å². The summed E-state index contributed by atoms with van der Waals surface area (Å²) in [6.07, 6.45) is 5.31. The summed E-state index contributed by atoms with van der Waals surface area (Å²) in [5.74, 6) is 0.292. The highest BCUT2D eigenvalue weighted by Crippen LogP contribution is 2.50. The highest BCUT2D eigenvalue weighted by atomic mass is 35.5. The van der Waals surface area contributed by atoms with Crippen molar-refractivity contribution in [3.05, 3.63) is 28.5 Å². The molecule has 0 radical (unpaired) electrons. The fourth-order valence-corrected chi connectivity index (χ4v) is 8.76. The Bertz CT molecular complexity index is 1660. The van der Waals surface area contributed by atoms with Gasteiger partial charge in [-0.15, -0.1) is 0 Å². The Morgan fingerprint density at radius 3 is 2.91 bits per heavy atom. The van der Waals surface area contributed by atoms with E-state index in [0.717, 1.165) is 50.6 Å². The van der Waals surface area contributed by atoms with Crippen molar-refractivity contribution in [2.75, 3.05) is 37.7 Å². The molecule has 4 saturated heterocycles. The molecule has 0 unspecified atom stereocenters. The number of benzene rings is 1. The van der Waals surface area contributed by atoms with Crippen molar-refractivity contribution in [3.8, 4) is 28.9 Å². The third-order valence-corrected chi connectivity index (χ3v) is 10.8. The average molecular weight is 611 g/mol. The monoisotopic (exact) mass is 610 g/mol. The number of ether oxygens (including phenoxy) is 2. The van der Waals surface area contributed by atoms with E-state index in [9.17, 15) is 9.50 Å². The molecule has 1 aliphatic carbocycles. The van der Waals surface area contributed by atoms with E-state index in [-0.39, 0.29) is 53.5 Å². The van der Waals surface area contributed by atoms with Gasteiger partial charge in [-0.05, 0) is 68.7 Å². The predicted molar refractivity (Wildman–Crippen MR) is 156 cm³/mol. The van der Waals surface area contributed by atoms with Crippen LogP contribution in [0.15, 0.2) is 12.1 Å². The molecule has 0 amide bonds. The van der Waals surface area contributed by atoms with Crippen LogP contribution < -0.4 is 19.7 Å². The minimum atomic E-state index is -0.885. The van der Waals surface area contributed by atoms with Crippen LogP contribution in [0.2, 0.25) is 5.02 Å². The van der Waals surface area contributed by atoms with Gasteiger partial charge in [-0.2, -0.15) is 9.97 Å². The average Bonchev–Trinajstić information content (AvgIpc) is 3.56. The van der Waals surface area contributed by atoms with Gasteiger partial charge in [0.25, 0.3) is 0 Å². The zero-order valence-corrected chi connectivity index (χ0v) is 24.4. The maximum absolute atomic E-state index is 16.8. The van der Waals surface area contributed by atoms with Crippen LogP contribution in [0.5, 0.6) is 17.6 Å². The Morgan fingerprint density at radius 1 is 1.16 bits per heavy atom. The number of phenolic OH excluding ortho intramolecular Hbond substituents is 1. The number of hydrogen-bond donors (Lipinski definition) is 2. The van der Waals surface area contributed by atoms with Crippen LogP contribution in [0.1, 0.15) is 56.4 Å². The topological polar surface area (TPSA) is 95.9 Å². The van der Waals surface area contributed by atoms with E-state index in [2.05, 4.69) is 20.1 Å². The number of anilines is 1. The van der Waals surface area contributed by atoms with Crippen LogP contribution in [-0.4, -0.2) is 87.6 Å². The molecular weight excluding hydrogens is 578 g/mol. The first-order chi connectivity index (χ1) is 20.9. The fraction of sp³-hybridized carbons (Fsp3) is 0.581. The normalized spacial score (nSPS) is 31.2. The van der Waals surface area contributed by atoms with Crippen molar-refractivity contribution in [3.63, 3.8) is 0 Å². The van der Waals surface area contributed by atoms with Crippen molar-refractivity contribution in [2.45, 2.75) is 80.7 Å². The van der Waals surface area contributed by atoms with E-state index >= 15 is 4.39 Å². The second kappa shape index (κ2) is 9.49. The molecular formula is C31H33ClF2N6O3. The zero-order valence-electron chi connectivity index (χ0n) is 23.7. The number of halogens is 3. The smallest absolute Gasteiger partial charge is 0.319 e. The standard InChI is InChI=1S/C31H33ClF2N6O3/c32-20-9-18(41)8-19(23(20)15-2-3-15)26-25(34)27-24-28(40-12-17-4-5-21(35-17)22(40)13-42-29(24)36-26)38-30(37-27)43-14-31-6-1-7-39(31)11-16(33)10-31/h8-9,15-17,21-22,35,41H,1-7,10-14H2/t16-,17-,21+,22+,31-/m0/s1. The third kappa shape index (κ3) is 4.10. The van der Waals surface area contributed by atoms with Crippen LogP contribution in [0.4, 0.5) is 14.6 Å². The van der Waals surface area contributed by atoms with E-state index in [0.29, 0.717) is 53.9 Å². The van der Waals surface area contributed by atoms with Gasteiger partial charge in [-0.1, -0.05) is 11.6 Å². The van der Waals surface area contributed by atoms with E-state index < -0.39 is 17.5 Å². The van der Waals surface area contributed by atoms with Gasteiger partial charge in [0.05, 0.1) is 11.6 Å². The first kappa shape index (κ1) is 26.4. The number of nitrogens with one attached hydrogen (secondary N) is 1. The molecule has 2 bridgehead atoms. The van der Waals surface area contributed by atoms with E-state index in [4.69, 9.17) is 31.0 Å². The summed E-state index contributed by atoms with van der Waals surface area (Å²) in [5.41, 5.74) is 0.920. The summed E-state index contributed by atoms with van der Waals surface area (Å²) in [6, 6.07) is 3.57. The summed E-state index contributed by atoms with van der Waals surface area (Å²) < 4.78 is 44.0. The van der Waals surface area contributed by atoms with Crippen LogP contribution in [0.3, 0.4) is 0 Å². The molecule has 12 heteroatoms. The highest BCUT2D eigenvalue weighted by molar-refractivity contribution is 6.32. The molecule has 0 spiro atoms. The Morgan fingerprint density at radius 2 is 2.05 bits per heavy atom. The van der Waals surface area contributed by atoms with E-state index in [1.165, 1.54) is 12.1 Å². The van der Waals surface area contributed by atoms with Gasteiger partial charge in [0.1, 0.15) is 47.5 Å². The van der Waals surface area contributed by atoms with Gasteiger partial charge in [0, 0.05) is 42.2 Å². The predicted octanol–water partition coefficient (Wildman–Crippen LogP) is 4.72. The number of aromatic nitrogens is 3. The molecule has 43 heavy (non-hydrogen) atoms. The number of hydrogen-bond acceptors (Lipinski definition) is 9. The number of aromatic hydroxyl groups is 1. The van der Waals surface area contributed by atoms with Crippen LogP contribution in [0, 0.1) is 5.82 Å². The molecule has 5 aliphatic heterocycles. The van der Waals surface area contributed by atoms with Crippen molar-refractivity contribution in [2.24, 2.45) is 0 Å². The number of alkyl halides is 1. The molecule has 2 aromatic heterocycles. The lowest BCUT2D eigenvalue weighted by Crippen LogP contribution is -2.60. The van der Waals surface area contributed by atoms with Crippen molar-refractivity contribution in [1.29, 1.82) is 0 Å². The zero-order chi connectivity index (χ0) is 29.0. The quantitative estimate of drug-likeness (QED) is 0.425. The Hall–Kier alpha value is -3.02. The van der Waals surface area contributed by atoms with Gasteiger partial charge < -0.3 is 24.8 Å². The molecule has 7 heterocycles. The summed E-state index contributed by atoms with van der Waals surface area (Å²) in [6.45, 7) is 2.56. The fourth-order valence-electron chi connectivity index (χ4n) is 8.39. The van der Waals surface area contributed by atoms with Gasteiger partial charge in [-0.25, -0.2) is 13.8 Å². The number of rotatable bonds is 5. The second-order valence-corrected chi connectivity index (χ2v) is 13.6. The largest absolute Gasteiger partial charge is 0.508 e. The molecule has 5 atom stereocenters. The van der Waals surface area contributed by atoms with E-state index in [1.54, 1.807) is 0 Å².